The fourth-order valence-corrected chi connectivity index (χ4v) is 14.4. The van der Waals surface area contributed by atoms with Crippen molar-refractivity contribution in [3.8, 4) is 0 Å². The van der Waals surface area contributed by atoms with Crippen LogP contribution in [0.2, 0.25) is 0 Å². The summed E-state index contributed by atoms with van der Waals surface area (Å²) in [7, 11) is 0. The van der Waals surface area contributed by atoms with Crippen molar-refractivity contribution in [2.75, 3.05) is 59.5 Å². The number of carbonyl (C=O) groups is 7. The van der Waals surface area contributed by atoms with E-state index in [0.29, 0.717) is 0 Å². The molecule has 52 nitrogen and oxygen atoms in total. The molecule has 0 aromatic heterocycles. The predicted molar refractivity (Wildman–Crippen MR) is 359 cm³/mol. The zero-order chi connectivity index (χ0) is 86.8. The lowest BCUT2D eigenvalue weighted by Crippen LogP contribution is -2.71. The van der Waals surface area contributed by atoms with E-state index in [4.69, 9.17) is 66.3 Å². The summed E-state index contributed by atoms with van der Waals surface area (Å²) in [5.74, 6) is -15.6. The molecule has 41 atom stereocenters. The second-order valence-corrected chi connectivity index (χ2v) is 28.7. The van der Waals surface area contributed by atoms with E-state index in [0.717, 1.165) is 34.6 Å². The number of hydrogen-bond donors (Lipinski definition) is 31. The standard InChI is InChI=1S/C64H107N5O47/c1-17(78)65-22(8-70)37(88)48(27(87)11-73)109-58-45(96)53(112-57-36(69-21(5)82)44(95)50(31(15-77)107-57)111-60-47(98)55(41(92)29(13-75)105-60)116-64(62(101)102)7-24(84)34(67-19(3)80)52(114-64)39(90)26(86)10-72)42(93)32(108-58)16-103-56-35(68-20(4)81)43(94)49(30(14-76)106-56)110-59-46(97)54(40(91)28(12-74)104-59)115-63(61(99)100)6-23(83)33(66-18(2)79)51(113-63)38(89)25(85)9-71/h22-60,70-77,83-98H,6-16H2,1-5H3,(H,65,78)(H,66,79)(H,67,80)(H,68,81)(H,69,82)(H,99,100)(H,101,102)/t22-,23-,24-,25+,26+,27+,28+,29+,30+,31+,32+,33+,34+,35+,36+,37+,38+,39+,40-,41-,42-,43+,44+,45+,46+,47+,48+,49+,50+,51+,52+,53-,54-,55-,56+,57-,58-,59-,60-,63-,64-/m0/s1. The monoisotopic (exact) mass is 1700 g/mol. The number of hydrogen-bond acceptors (Lipinski definition) is 45. The molecule has 52 heteroatoms. The molecule has 7 heterocycles. The largest absolute Gasteiger partial charge is 0.477 e. The van der Waals surface area contributed by atoms with Gasteiger partial charge < -0.3 is 226 Å². The first-order valence-electron chi connectivity index (χ1n) is 36.3. The van der Waals surface area contributed by atoms with Crippen LogP contribution >= 0.6 is 0 Å². The van der Waals surface area contributed by atoms with Crippen LogP contribution in [0, 0.1) is 0 Å². The van der Waals surface area contributed by atoms with Crippen molar-refractivity contribution in [3.63, 3.8) is 0 Å². The van der Waals surface area contributed by atoms with Gasteiger partial charge in [0, 0.05) is 47.5 Å². The lowest BCUT2D eigenvalue weighted by Gasteiger charge is -2.51. The summed E-state index contributed by atoms with van der Waals surface area (Å²) in [4.78, 5) is 89.2. The predicted octanol–water partition coefficient (Wildman–Crippen LogP) is -19.7. The minimum Gasteiger partial charge on any atom is -0.477 e. The van der Waals surface area contributed by atoms with Crippen molar-refractivity contribution in [2.24, 2.45) is 0 Å². The molecule has 116 heavy (non-hydrogen) atoms. The normalized spacial score (nSPS) is 41.8. The summed E-state index contributed by atoms with van der Waals surface area (Å²) < 4.78 is 81.8. The molecule has 0 saturated carbocycles. The molecule has 7 saturated heterocycles. The van der Waals surface area contributed by atoms with E-state index in [-0.39, 0.29) is 0 Å². The molecular weight excluding hydrogens is 1590 g/mol. The Kier molecular flexibility index (Phi) is 35.9. The number of rotatable bonds is 37. The summed E-state index contributed by atoms with van der Waals surface area (Å²) in [6.45, 7) is -6.38. The molecular formula is C64H107N5O47. The highest BCUT2D eigenvalue weighted by Gasteiger charge is 2.64. The van der Waals surface area contributed by atoms with Crippen molar-refractivity contribution >= 4 is 41.5 Å². The first-order valence-corrected chi connectivity index (χ1v) is 36.3. The second-order valence-electron chi connectivity index (χ2n) is 28.7. The van der Waals surface area contributed by atoms with Gasteiger partial charge in [-0.15, -0.1) is 0 Å². The number of nitrogens with one attached hydrogen (secondary N) is 5. The van der Waals surface area contributed by atoms with Crippen LogP contribution in [0.4, 0.5) is 0 Å². The van der Waals surface area contributed by atoms with E-state index in [2.05, 4.69) is 26.6 Å². The van der Waals surface area contributed by atoms with Gasteiger partial charge >= 0.3 is 11.9 Å². The van der Waals surface area contributed by atoms with Crippen LogP contribution in [0.5, 0.6) is 0 Å². The number of ether oxygens (including phenoxy) is 14. The number of carboxylic acid groups (broad SMARTS) is 2. The van der Waals surface area contributed by atoms with Crippen LogP contribution in [0.25, 0.3) is 0 Å². The Hall–Kier alpha value is -5.23. The highest BCUT2D eigenvalue weighted by molar-refractivity contribution is 5.78. The Morgan fingerprint density at radius 2 is 0.733 bits per heavy atom. The minimum atomic E-state index is -3.31. The molecule has 7 aliphatic rings. The Morgan fingerprint density at radius 1 is 0.388 bits per heavy atom. The van der Waals surface area contributed by atoms with Gasteiger partial charge in [0.2, 0.25) is 29.5 Å². The molecule has 7 fully saturated rings. The molecule has 0 bridgehead atoms. The fourth-order valence-electron chi connectivity index (χ4n) is 14.4. The second kappa shape index (κ2) is 42.5. The Bertz CT molecular complexity index is 3190. The number of amides is 5. The Balaban J connectivity index is 1.19. The van der Waals surface area contributed by atoms with Gasteiger partial charge in [0.05, 0.1) is 89.8 Å². The van der Waals surface area contributed by atoms with Gasteiger partial charge in [-0.1, -0.05) is 0 Å². The lowest BCUT2D eigenvalue weighted by atomic mass is 9.88. The van der Waals surface area contributed by atoms with E-state index in [1.807, 2.05) is 0 Å². The van der Waals surface area contributed by atoms with Gasteiger partial charge in [-0.05, 0) is 0 Å². The molecule has 7 rings (SSSR count). The molecule has 31 N–H and O–H groups in total. The van der Waals surface area contributed by atoms with Crippen LogP contribution in [0.15, 0.2) is 0 Å². The van der Waals surface area contributed by atoms with Crippen LogP contribution < -0.4 is 26.6 Å². The topological polar surface area (TPSA) is 835 Å². The number of aliphatic carboxylic acids is 2. The molecule has 0 spiro atoms. The summed E-state index contributed by atoms with van der Waals surface area (Å²) in [5, 5.41) is 299. The zero-order valence-electron chi connectivity index (χ0n) is 62.5. The number of aliphatic hydroxyl groups is 24. The average Bonchev–Trinajstić information content (AvgIpc) is 0.750. The molecule has 670 valence electrons. The zero-order valence-corrected chi connectivity index (χ0v) is 62.5. The average molecular weight is 1700 g/mol. The Labute approximate surface area is 656 Å². The molecule has 0 aliphatic carbocycles. The third kappa shape index (κ3) is 22.3. The van der Waals surface area contributed by atoms with E-state index < -0.39 is 364 Å². The summed E-state index contributed by atoms with van der Waals surface area (Å²) in [5.41, 5.74) is 0. The first-order chi connectivity index (χ1) is 54.5. The van der Waals surface area contributed by atoms with E-state index in [1.165, 1.54) is 0 Å². The number of carbonyl (C=O) groups excluding carboxylic acids is 5. The van der Waals surface area contributed by atoms with Crippen molar-refractivity contribution < 1.29 is 233 Å². The van der Waals surface area contributed by atoms with Crippen LogP contribution in [0.1, 0.15) is 47.5 Å². The molecule has 7 aliphatic heterocycles. The quantitative estimate of drug-likeness (QED) is 0.0275. The maximum atomic E-state index is 13.2. The van der Waals surface area contributed by atoms with Crippen molar-refractivity contribution in [2.45, 2.75) is 298 Å². The SMILES string of the molecule is CC(=O)N[C@H]1[C@H](OC[C@H]2O[C@@H](O[C@@H]([C@H](O)[C@H](CO)NC(C)=O)[C@H](O)CO)[C@H](O)[C@@H](O[C@@H]3O[C@H](CO)[C@@H](O[C@@H]4O[C@H](CO)[C@H](O)[C@H](O[C@]5(C(=O)O)C[C@H](O)[C@@H](NC(C)=O)[C@H]([C@H](O)[C@H](O)CO)O5)[C@H]4O)[C@H](O)[C@H]3NC(C)=O)[C@H]2O)O[C@H](CO)[C@@H](O[C@@H]2O[C@H](CO)[C@H](O)[C@H](O[C@]3(C(=O)O)C[C@H](O)[C@@H](NC(C)=O)[C@H]([C@H](O)[C@H](O)CO)O3)[C@H]2O)[C@@H]1O. The van der Waals surface area contributed by atoms with Crippen molar-refractivity contribution in [3.05, 3.63) is 0 Å². The summed E-state index contributed by atoms with van der Waals surface area (Å²) in [6.07, 6.45) is -79.3. The maximum absolute atomic E-state index is 13.2. The van der Waals surface area contributed by atoms with Crippen molar-refractivity contribution in [1.82, 2.24) is 26.6 Å². The van der Waals surface area contributed by atoms with Gasteiger partial charge in [-0.3, -0.25) is 24.0 Å². The molecule has 0 aromatic carbocycles. The van der Waals surface area contributed by atoms with Crippen molar-refractivity contribution in [1.29, 1.82) is 0 Å². The minimum absolute atomic E-state index is 0.861. The van der Waals surface area contributed by atoms with Crippen LogP contribution in [-0.2, 0) is 99.9 Å². The smallest absolute Gasteiger partial charge is 0.364 e. The molecule has 5 amide bonds. The maximum Gasteiger partial charge on any atom is 0.364 e. The van der Waals surface area contributed by atoms with Crippen LogP contribution in [-0.4, -0.2) is 484 Å². The molecule has 0 aromatic rings. The van der Waals surface area contributed by atoms with Gasteiger partial charge in [-0.25, -0.2) is 9.59 Å². The van der Waals surface area contributed by atoms with Gasteiger partial charge in [0.25, 0.3) is 11.6 Å². The van der Waals surface area contributed by atoms with E-state index >= 15 is 0 Å². The summed E-state index contributed by atoms with van der Waals surface area (Å²) >= 11 is 0. The van der Waals surface area contributed by atoms with E-state index in [9.17, 15) is 166 Å². The number of carboxylic acids is 2. The fraction of sp³-hybridized carbons (Fsp3) is 0.891. The van der Waals surface area contributed by atoms with Gasteiger partial charge in [0.1, 0.15) is 177 Å². The third-order valence-electron chi connectivity index (χ3n) is 20.2. The highest BCUT2D eigenvalue weighted by Crippen LogP contribution is 2.42. The Morgan fingerprint density at radius 3 is 1.09 bits per heavy atom. The van der Waals surface area contributed by atoms with Gasteiger partial charge in [-0.2, -0.15) is 0 Å². The summed E-state index contributed by atoms with van der Waals surface area (Å²) in [6, 6.07) is -9.35. The highest BCUT2D eigenvalue weighted by atomic mass is 16.8. The van der Waals surface area contributed by atoms with E-state index in [1.54, 1.807) is 0 Å². The van der Waals surface area contributed by atoms with Gasteiger partial charge in [0.15, 0.2) is 31.5 Å². The first kappa shape index (κ1) is 97.9. The molecule has 0 radical (unpaired) electrons. The number of aliphatic hydroxyl groups excluding tert-OH is 24. The third-order valence-corrected chi connectivity index (χ3v) is 20.2. The van der Waals surface area contributed by atoms with Crippen LogP contribution in [0.3, 0.4) is 0 Å². The molecule has 0 unspecified atom stereocenters. The lowest BCUT2D eigenvalue weighted by molar-refractivity contribution is -0.389.